The third-order valence-electron chi connectivity index (χ3n) is 6.42. The maximum Gasteiger partial charge on any atom is 0.140 e. The highest BCUT2D eigenvalue weighted by molar-refractivity contribution is 5.63. The summed E-state index contributed by atoms with van der Waals surface area (Å²) in [6.07, 6.45) is 4.76. The van der Waals surface area contributed by atoms with E-state index in [-0.39, 0.29) is 10.8 Å². The van der Waals surface area contributed by atoms with E-state index < -0.39 is 0 Å². The van der Waals surface area contributed by atoms with Crippen LogP contribution in [0.5, 0.6) is 0 Å². The molecule has 4 rings (SSSR count). The van der Waals surface area contributed by atoms with E-state index in [1.165, 1.54) is 29.5 Å². The van der Waals surface area contributed by atoms with Gasteiger partial charge in [-0.2, -0.15) is 0 Å². The molecule has 1 N–H and O–H groups in total. The Morgan fingerprint density at radius 3 is 2.36 bits per heavy atom. The number of piperidine rings is 1. The summed E-state index contributed by atoms with van der Waals surface area (Å²) >= 11 is 0. The van der Waals surface area contributed by atoms with Crippen LogP contribution in [0, 0.1) is 0 Å². The summed E-state index contributed by atoms with van der Waals surface area (Å²) in [4.78, 5) is 0. The van der Waals surface area contributed by atoms with Gasteiger partial charge in [0.25, 0.3) is 0 Å². The van der Waals surface area contributed by atoms with Crippen LogP contribution in [0.2, 0.25) is 0 Å². The first kappa shape index (κ1) is 16.8. The van der Waals surface area contributed by atoms with E-state index in [1.807, 2.05) is 0 Å². The number of rotatable bonds is 2. The molecule has 1 aromatic heterocycles. The molecule has 0 radical (unpaired) electrons. The molecule has 0 unspecified atom stereocenters. The van der Waals surface area contributed by atoms with E-state index in [9.17, 15) is 0 Å². The molecular weight excluding hydrogens is 308 g/mol. The van der Waals surface area contributed by atoms with Crippen molar-refractivity contribution < 1.29 is 4.52 Å². The number of fused-ring (bicyclic) bond motifs is 1. The number of hydrogen-bond acceptors (Lipinski definition) is 3. The molecule has 1 fully saturated rings. The van der Waals surface area contributed by atoms with E-state index in [0.717, 1.165) is 37.4 Å². The summed E-state index contributed by atoms with van der Waals surface area (Å²) in [6, 6.07) is 9.08. The number of benzene rings is 1. The average molecular weight is 338 g/mol. The van der Waals surface area contributed by atoms with Crippen molar-refractivity contribution in [2.75, 3.05) is 13.1 Å². The van der Waals surface area contributed by atoms with Crippen LogP contribution in [0.15, 0.2) is 28.8 Å². The molecule has 1 aliphatic carbocycles. The summed E-state index contributed by atoms with van der Waals surface area (Å²) in [6.45, 7) is 11.6. The normalized spacial score (nSPS) is 22.6. The van der Waals surface area contributed by atoms with Gasteiger partial charge in [0.1, 0.15) is 11.5 Å². The van der Waals surface area contributed by atoms with Gasteiger partial charge in [-0.3, -0.25) is 0 Å². The molecule has 1 aromatic carbocycles. The van der Waals surface area contributed by atoms with Crippen LogP contribution in [0.1, 0.15) is 76.2 Å². The molecule has 0 amide bonds. The molecule has 2 heterocycles. The van der Waals surface area contributed by atoms with Crippen molar-refractivity contribution in [3.63, 3.8) is 0 Å². The highest BCUT2D eigenvalue weighted by Crippen LogP contribution is 2.46. The maximum atomic E-state index is 5.72. The van der Waals surface area contributed by atoms with Gasteiger partial charge in [0.15, 0.2) is 0 Å². The molecular formula is C22H30N2O. The molecule has 0 spiro atoms. The lowest BCUT2D eigenvalue weighted by atomic mass is 9.63. The molecule has 3 heteroatoms. The molecule has 2 aromatic rings. The van der Waals surface area contributed by atoms with Crippen molar-refractivity contribution in [3.8, 4) is 11.3 Å². The molecule has 0 atom stereocenters. The first-order valence-corrected chi connectivity index (χ1v) is 9.70. The van der Waals surface area contributed by atoms with Crippen molar-refractivity contribution >= 4 is 0 Å². The summed E-state index contributed by atoms with van der Waals surface area (Å²) in [7, 11) is 0. The monoisotopic (exact) mass is 338 g/mol. The summed E-state index contributed by atoms with van der Waals surface area (Å²) in [5.41, 5.74) is 5.63. The predicted molar refractivity (Wildman–Crippen MR) is 102 cm³/mol. The van der Waals surface area contributed by atoms with Gasteiger partial charge < -0.3 is 9.84 Å². The molecule has 2 aliphatic rings. The fraction of sp³-hybridized carbons (Fsp3) is 0.591. The quantitative estimate of drug-likeness (QED) is 0.822. The second-order valence-corrected chi connectivity index (χ2v) is 9.17. The highest BCUT2D eigenvalue weighted by Gasteiger charge is 2.37. The smallest absolute Gasteiger partial charge is 0.140 e. The first-order chi connectivity index (χ1) is 11.9. The molecule has 1 saturated heterocycles. The van der Waals surface area contributed by atoms with Gasteiger partial charge in [0, 0.05) is 17.5 Å². The number of hydrogen-bond donors (Lipinski definition) is 1. The Hall–Kier alpha value is -1.61. The zero-order valence-corrected chi connectivity index (χ0v) is 16.0. The van der Waals surface area contributed by atoms with E-state index >= 15 is 0 Å². The van der Waals surface area contributed by atoms with Gasteiger partial charge in [-0.15, -0.1) is 0 Å². The average Bonchev–Trinajstić information content (AvgIpc) is 3.10. The van der Waals surface area contributed by atoms with Gasteiger partial charge in [0.2, 0.25) is 0 Å². The molecule has 0 saturated carbocycles. The number of aromatic nitrogens is 1. The standard InChI is InChI=1S/C22H30N2O/c1-21(2)9-10-22(3,4)18-13-16(5-6-17(18)21)19-14-20(25-24-19)15-7-11-23-12-8-15/h5-6,13-15,23H,7-12H2,1-4H3. The second kappa shape index (κ2) is 5.98. The molecule has 1 aliphatic heterocycles. The summed E-state index contributed by atoms with van der Waals surface area (Å²) < 4.78 is 5.72. The minimum atomic E-state index is 0.225. The fourth-order valence-electron chi connectivity index (χ4n) is 4.47. The molecule has 134 valence electrons. The van der Waals surface area contributed by atoms with Crippen LogP contribution >= 0.6 is 0 Å². The minimum absolute atomic E-state index is 0.225. The van der Waals surface area contributed by atoms with E-state index in [0.29, 0.717) is 5.92 Å². The van der Waals surface area contributed by atoms with Gasteiger partial charge in [-0.05, 0) is 66.8 Å². The third kappa shape index (κ3) is 3.03. The Kier molecular flexibility index (Phi) is 4.03. The lowest BCUT2D eigenvalue weighted by molar-refractivity contribution is 0.328. The lowest BCUT2D eigenvalue weighted by Gasteiger charge is -2.42. The van der Waals surface area contributed by atoms with Crippen molar-refractivity contribution in [2.24, 2.45) is 0 Å². The van der Waals surface area contributed by atoms with Crippen LogP contribution in [0.3, 0.4) is 0 Å². The topological polar surface area (TPSA) is 38.1 Å². The highest BCUT2D eigenvalue weighted by atomic mass is 16.5. The Labute approximate surface area is 151 Å². The summed E-state index contributed by atoms with van der Waals surface area (Å²) in [5.74, 6) is 1.56. The van der Waals surface area contributed by atoms with Crippen LogP contribution in [-0.2, 0) is 10.8 Å². The molecule has 25 heavy (non-hydrogen) atoms. The third-order valence-corrected chi connectivity index (χ3v) is 6.42. The largest absolute Gasteiger partial charge is 0.360 e. The van der Waals surface area contributed by atoms with E-state index in [2.05, 4.69) is 62.4 Å². The second-order valence-electron chi connectivity index (χ2n) is 9.17. The minimum Gasteiger partial charge on any atom is -0.360 e. The zero-order chi connectivity index (χ0) is 17.7. The van der Waals surface area contributed by atoms with E-state index in [1.54, 1.807) is 0 Å². The lowest BCUT2D eigenvalue weighted by Crippen LogP contribution is -2.33. The zero-order valence-electron chi connectivity index (χ0n) is 16.0. The van der Waals surface area contributed by atoms with Crippen LogP contribution in [0.25, 0.3) is 11.3 Å². The van der Waals surface area contributed by atoms with Crippen molar-refractivity contribution in [1.82, 2.24) is 10.5 Å². The van der Waals surface area contributed by atoms with Crippen LogP contribution in [0.4, 0.5) is 0 Å². The Morgan fingerprint density at radius 1 is 0.960 bits per heavy atom. The Bertz CT molecular complexity index is 766. The molecule has 0 bridgehead atoms. The number of nitrogens with one attached hydrogen (secondary N) is 1. The van der Waals surface area contributed by atoms with Crippen LogP contribution < -0.4 is 5.32 Å². The van der Waals surface area contributed by atoms with Crippen molar-refractivity contribution in [2.45, 2.75) is 70.1 Å². The number of nitrogens with zero attached hydrogens (tertiary/aromatic N) is 1. The van der Waals surface area contributed by atoms with Crippen LogP contribution in [-0.4, -0.2) is 18.2 Å². The van der Waals surface area contributed by atoms with Gasteiger partial charge >= 0.3 is 0 Å². The molecule has 3 nitrogen and oxygen atoms in total. The summed E-state index contributed by atoms with van der Waals surface area (Å²) in [5, 5.41) is 7.81. The SMILES string of the molecule is CC1(C)CCC(C)(C)c2cc(-c3cc(C4CCNCC4)on3)ccc21. The fourth-order valence-corrected chi connectivity index (χ4v) is 4.47. The van der Waals surface area contributed by atoms with Gasteiger partial charge in [0.05, 0.1) is 0 Å². The van der Waals surface area contributed by atoms with Gasteiger partial charge in [-0.1, -0.05) is 45.0 Å². The van der Waals surface area contributed by atoms with Crippen molar-refractivity contribution in [1.29, 1.82) is 0 Å². The van der Waals surface area contributed by atoms with Crippen molar-refractivity contribution in [3.05, 3.63) is 41.2 Å². The predicted octanol–water partition coefficient (Wildman–Crippen LogP) is 5.16. The Morgan fingerprint density at radius 2 is 1.64 bits per heavy atom. The Balaban J connectivity index is 1.69. The maximum absolute atomic E-state index is 5.72. The van der Waals surface area contributed by atoms with Gasteiger partial charge in [-0.25, -0.2) is 0 Å². The van der Waals surface area contributed by atoms with E-state index in [4.69, 9.17) is 4.52 Å². The first-order valence-electron chi connectivity index (χ1n) is 9.70.